The van der Waals surface area contributed by atoms with Crippen LogP contribution in [0.2, 0.25) is 0 Å². The number of likely N-dealkylation sites (N-methyl/N-ethyl adjacent to an activating group) is 1. The maximum Gasteiger partial charge on any atom is 0.270 e. The van der Waals surface area contributed by atoms with Gasteiger partial charge in [0.05, 0.1) is 14.2 Å². The van der Waals surface area contributed by atoms with Crippen LogP contribution in [0.15, 0.2) is 48.5 Å². The zero-order valence-electron chi connectivity index (χ0n) is 19.4. The fourth-order valence-corrected chi connectivity index (χ4v) is 3.83. The lowest BCUT2D eigenvalue weighted by atomic mass is 10.1. The summed E-state index contributed by atoms with van der Waals surface area (Å²) in [4.78, 5) is 15.1. The number of hydrogen-bond donors (Lipinski definition) is 0. The Morgan fingerprint density at radius 2 is 1.55 bits per heavy atom. The lowest BCUT2D eigenvalue weighted by molar-refractivity contribution is 0.0785. The first-order chi connectivity index (χ1) is 14.8. The summed E-state index contributed by atoms with van der Waals surface area (Å²) in [5.41, 5.74) is 6.37. The van der Waals surface area contributed by atoms with Gasteiger partial charge in [-0.2, -0.15) is 0 Å². The topological polar surface area (TPSA) is 43.7 Å². The number of methoxy groups -OCH3 is 2. The van der Waals surface area contributed by atoms with Gasteiger partial charge in [-0.25, -0.2) is 0 Å². The van der Waals surface area contributed by atoms with E-state index in [4.69, 9.17) is 9.47 Å². The van der Waals surface area contributed by atoms with E-state index in [-0.39, 0.29) is 5.91 Å². The standard InChI is InChI=1S/C26H32N2O3/c1-18-7-9-22(10-8-18)17-28-20(3)15-19(2)25(28)26(29)27(4)14-13-21-11-12-23(30-5)24(16-21)31-6/h7-12,15-16H,13-14,17H2,1-6H3. The highest BCUT2D eigenvalue weighted by molar-refractivity contribution is 5.94. The molecule has 0 N–H and O–H groups in total. The Hall–Kier alpha value is -3.21. The second-order valence-corrected chi connectivity index (χ2v) is 8.06. The number of carbonyl (C=O) groups is 1. The molecule has 0 spiro atoms. The molecule has 0 atom stereocenters. The molecule has 3 aromatic rings. The van der Waals surface area contributed by atoms with Crippen molar-refractivity contribution in [2.75, 3.05) is 27.8 Å². The number of amides is 1. The van der Waals surface area contributed by atoms with Crippen LogP contribution in [0, 0.1) is 20.8 Å². The largest absolute Gasteiger partial charge is 0.493 e. The van der Waals surface area contributed by atoms with Gasteiger partial charge in [0.25, 0.3) is 5.91 Å². The number of rotatable bonds is 8. The number of nitrogens with zero attached hydrogens (tertiary/aromatic N) is 2. The summed E-state index contributed by atoms with van der Waals surface area (Å²) in [7, 11) is 5.12. The number of benzene rings is 2. The SMILES string of the molecule is COc1ccc(CCN(C)C(=O)c2c(C)cc(C)n2Cc2ccc(C)cc2)cc1OC. The molecule has 1 heterocycles. The van der Waals surface area contributed by atoms with Crippen molar-refractivity contribution in [2.24, 2.45) is 0 Å². The minimum absolute atomic E-state index is 0.0400. The number of ether oxygens (including phenoxy) is 2. The Bertz CT molecular complexity index is 1050. The van der Waals surface area contributed by atoms with Gasteiger partial charge < -0.3 is 18.9 Å². The van der Waals surface area contributed by atoms with Crippen molar-refractivity contribution in [1.82, 2.24) is 9.47 Å². The molecule has 1 aromatic heterocycles. The third-order valence-corrected chi connectivity index (χ3v) is 5.69. The molecule has 0 aliphatic heterocycles. The normalized spacial score (nSPS) is 10.8. The number of carbonyl (C=O) groups excluding carboxylic acids is 1. The molecule has 0 saturated carbocycles. The van der Waals surface area contributed by atoms with E-state index in [1.165, 1.54) is 11.1 Å². The Labute approximate surface area is 185 Å². The van der Waals surface area contributed by atoms with E-state index in [1.807, 2.05) is 32.2 Å². The van der Waals surface area contributed by atoms with Crippen LogP contribution in [0.25, 0.3) is 0 Å². The van der Waals surface area contributed by atoms with Gasteiger partial charge in [0.1, 0.15) is 5.69 Å². The highest BCUT2D eigenvalue weighted by Gasteiger charge is 2.21. The molecule has 2 aromatic carbocycles. The van der Waals surface area contributed by atoms with Crippen LogP contribution in [0.5, 0.6) is 11.5 Å². The van der Waals surface area contributed by atoms with Crippen LogP contribution in [0.4, 0.5) is 0 Å². The first kappa shape index (κ1) is 22.5. The molecule has 0 aliphatic rings. The van der Waals surface area contributed by atoms with Gasteiger partial charge in [-0.3, -0.25) is 4.79 Å². The Balaban J connectivity index is 1.75. The molecule has 31 heavy (non-hydrogen) atoms. The van der Waals surface area contributed by atoms with E-state index in [9.17, 15) is 4.79 Å². The minimum atomic E-state index is 0.0400. The second kappa shape index (κ2) is 9.73. The van der Waals surface area contributed by atoms with Crippen LogP contribution in [-0.2, 0) is 13.0 Å². The maximum absolute atomic E-state index is 13.3. The zero-order valence-corrected chi connectivity index (χ0v) is 19.4. The van der Waals surface area contributed by atoms with Gasteiger partial charge in [-0.05, 0) is 62.1 Å². The molecule has 0 radical (unpaired) electrons. The van der Waals surface area contributed by atoms with Gasteiger partial charge >= 0.3 is 0 Å². The van der Waals surface area contributed by atoms with E-state index in [2.05, 4.69) is 48.7 Å². The van der Waals surface area contributed by atoms with Crippen LogP contribution < -0.4 is 9.47 Å². The van der Waals surface area contributed by atoms with Crippen molar-refractivity contribution in [3.63, 3.8) is 0 Å². The van der Waals surface area contributed by atoms with Crippen molar-refractivity contribution in [3.05, 3.63) is 82.2 Å². The quantitative estimate of drug-likeness (QED) is 0.526. The second-order valence-electron chi connectivity index (χ2n) is 8.06. The van der Waals surface area contributed by atoms with Gasteiger partial charge in [-0.15, -0.1) is 0 Å². The molecule has 5 nitrogen and oxygen atoms in total. The van der Waals surface area contributed by atoms with Crippen molar-refractivity contribution in [1.29, 1.82) is 0 Å². The van der Waals surface area contributed by atoms with Crippen molar-refractivity contribution >= 4 is 5.91 Å². The molecular weight excluding hydrogens is 388 g/mol. The number of aryl methyl sites for hydroxylation is 3. The van der Waals surface area contributed by atoms with Crippen molar-refractivity contribution in [3.8, 4) is 11.5 Å². The summed E-state index contributed by atoms with van der Waals surface area (Å²) in [6, 6.07) is 16.4. The van der Waals surface area contributed by atoms with E-state index < -0.39 is 0 Å². The lowest BCUT2D eigenvalue weighted by Gasteiger charge is -2.20. The van der Waals surface area contributed by atoms with Gasteiger partial charge in [0.15, 0.2) is 11.5 Å². The number of hydrogen-bond acceptors (Lipinski definition) is 3. The summed E-state index contributed by atoms with van der Waals surface area (Å²) in [6.45, 7) is 7.44. The van der Waals surface area contributed by atoms with E-state index in [1.54, 1.807) is 19.1 Å². The first-order valence-corrected chi connectivity index (χ1v) is 10.5. The highest BCUT2D eigenvalue weighted by Crippen LogP contribution is 2.28. The van der Waals surface area contributed by atoms with Crippen LogP contribution in [-0.4, -0.2) is 43.2 Å². The molecule has 0 bridgehead atoms. The third-order valence-electron chi connectivity index (χ3n) is 5.69. The first-order valence-electron chi connectivity index (χ1n) is 10.5. The van der Waals surface area contributed by atoms with Crippen molar-refractivity contribution in [2.45, 2.75) is 33.7 Å². The van der Waals surface area contributed by atoms with Gasteiger partial charge in [0, 0.05) is 25.8 Å². The number of aromatic nitrogens is 1. The summed E-state index contributed by atoms with van der Waals surface area (Å²) >= 11 is 0. The van der Waals surface area contributed by atoms with E-state index in [0.29, 0.717) is 24.6 Å². The summed E-state index contributed by atoms with van der Waals surface area (Å²) in [5, 5.41) is 0. The zero-order chi connectivity index (χ0) is 22.5. The molecule has 5 heteroatoms. The van der Waals surface area contributed by atoms with E-state index >= 15 is 0 Å². The Morgan fingerprint density at radius 3 is 2.19 bits per heavy atom. The van der Waals surface area contributed by atoms with Gasteiger partial charge in [0.2, 0.25) is 0 Å². The fraction of sp³-hybridized carbons (Fsp3) is 0.346. The molecule has 3 rings (SSSR count). The third kappa shape index (κ3) is 5.10. The Kier molecular flexibility index (Phi) is 7.06. The molecular formula is C26H32N2O3. The van der Waals surface area contributed by atoms with Crippen LogP contribution >= 0.6 is 0 Å². The molecule has 0 aliphatic carbocycles. The summed E-state index contributed by atoms with van der Waals surface area (Å²) in [6.07, 6.45) is 0.735. The Morgan fingerprint density at radius 1 is 0.903 bits per heavy atom. The predicted molar refractivity (Wildman–Crippen MR) is 124 cm³/mol. The average molecular weight is 421 g/mol. The smallest absolute Gasteiger partial charge is 0.270 e. The molecule has 0 fully saturated rings. The van der Waals surface area contributed by atoms with Crippen LogP contribution in [0.1, 0.15) is 38.4 Å². The predicted octanol–water partition coefficient (Wildman–Crippen LogP) is 4.79. The maximum atomic E-state index is 13.3. The molecule has 0 saturated heterocycles. The van der Waals surface area contributed by atoms with Gasteiger partial charge in [-0.1, -0.05) is 35.9 Å². The van der Waals surface area contributed by atoms with Crippen molar-refractivity contribution < 1.29 is 14.3 Å². The fourth-order valence-electron chi connectivity index (χ4n) is 3.83. The lowest BCUT2D eigenvalue weighted by Crippen LogP contribution is -2.31. The average Bonchev–Trinajstić information content (AvgIpc) is 3.05. The van der Waals surface area contributed by atoms with Crippen LogP contribution in [0.3, 0.4) is 0 Å². The molecule has 0 unspecified atom stereocenters. The van der Waals surface area contributed by atoms with E-state index in [0.717, 1.165) is 28.9 Å². The molecule has 1 amide bonds. The summed E-state index contributed by atoms with van der Waals surface area (Å²) in [5.74, 6) is 1.45. The summed E-state index contributed by atoms with van der Waals surface area (Å²) < 4.78 is 12.8. The minimum Gasteiger partial charge on any atom is -0.493 e. The highest BCUT2D eigenvalue weighted by atomic mass is 16.5. The molecule has 164 valence electrons. The monoisotopic (exact) mass is 420 g/mol.